The van der Waals surface area contributed by atoms with Crippen LogP contribution in [0.4, 0.5) is 11.4 Å². The third-order valence-corrected chi connectivity index (χ3v) is 4.86. The van der Waals surface area contributed by atoms with Crippen molar-refractivity contribution in [3.63, 3.8) is 0 Å². The molecule has 1 N–H and O–H groups in total. The molecule has 0 saturated heterocycles. The van der Waals surface area contributed by atoms with E-state index < -0.39 is 0 Å². The Morgan fingerprint density at radius 1 is 1.19 bits per heavy atom. The van der Waals surface area contributed by atoms with Crippen LogP contribution in [0.15, 0.2) is 44.3 Å². The smallest absolute Gasteiger partial charge is 0.275 e. The number of amides is 1. The average Bonchev–Trinajstić information content (AvgIpc) is 2.72. The van der Waals surface area contributed by atoms with Crippen LogP contribution in [-0.2, 0) is 4.79 Å². The lowest BCUT2D eigenvalue weighted by Crippen LogP contribution is -2.14. The molecule has 0 unspecified atom stereocenters. The molecule has 106 valence electrons. The van der Waals surface area contributed by atoms with E-state index in [-0.39, 0.29) is 5.91 Å². The Kier molecular flexibility index (Phi) is 3.90. The number of anilines is 1. The molecule has 1 aliphatic heterocycles. The van der Waals surface area contributed by atoms with Crippen molar-refractivity contribution in [2.45, 2.75) is 6.92 Å². The van der Waals surface area contributed by atoms with E-state index in [4.69, 9.17) is 11.6 Å². The van der Waals surface area contributed by atoms with Gasteiger partial charge in [0.15, 0.2) is 0 Å². The first-order valence-electron chi connectivity index (χ1n) is 6.11. The molecule has 0 radical (unpaired) electrons. The summed E-state index contributed by atoms with van der Waals surface area (Å²) in [6.45, 7) is 1.93. The molecule has 0 saturated carbocycles. The Morgan fingerprint density at radius 2 is 1.95 bits per heavy atom. The quantitative estimate of drug-likeness (QED) is 0.663. The lowest BCUT2D eigenvalue weighted by atomic mass is 10.1. The van der Waals surface area contributed by atoms with Gasteiger partial charge < -0.3 is 5.32 Å². The number of hydrogen-bond donors (Lipinski definition) is 1. The zero-order valence-corrected chi connectivity index (χ0v) is 14.8. The van der Waals surface area contributed by atoms with Gasteiger partial charge in [-0.1, -0.05) is 27.5 Å². The third-order valence-electron chi connectivity index (χ3n) is 3.17. The summed E-state index contributed by atoms with van der Waals surface area (Å²) in [6, 6.07) is 9.24. The van der Waals surface area contributed by atoms with Crippen LogP contribution in [0.3, 0.4) is 0 Å². The molecule has 2 aromatic carbocycles. The lowest BCUT2D eigenvalue weighted by molar-refractivity contribution is -0.110. The number of rotatable bonds is 1. The normalized spacial score (nSPS) is 15.2. The minimum absolute atomic E-state index is 0.207. The highest BCUT2D eigenvalue weighted by atomic mass is 79.9. The van der Waals surface area contributed by atoms with E-state index in [1.54, 1.807) is 6.07 Å². The number of benzene rings is 2. The molecule has 0 fully saturated rings. The molecule has 6 heteroatoms. The third kappa shape index (κ3) is 2.78. The summed E-state index contributed by atoms with van der Waals surface area (Å²) < 4.78 is 1.71. The summed E-state index contributed by atoms with van der Waals surface area (Å²) in [7, 11) is 0. The second-order valence-corrected chi connectivity index (χ2v) is 6.83. The summed E-state index contributed by atoms with van der Waals surface area (Å²) in [5.41, 5.74) is 3.57. The Balaban J connectivity index is 2.15. The molecule has 21 heavy (non-hydrogen) atoms. The zero-order valence-electron chi connectivity index (χ0n) is 10.9. The van der Waals surface area contributed by atoms with Crippen molar-refractivity contribution in [2.75, 3.05) is 5.32 Å². The first-order valence-corrected chi connectivity index (χ1v) is 8.07. The maximum absolute atomic E-state index is 12.1. The van der Waals surface area contributed by atoms with Crippen molar-refractivity contribution < 1.29 is 4.79 Å². The van der Waals surface area contributed by atoms with Crippen LogP contribution in [0.5, 0.6) is 0 Å². The van der Waals surface area contributed by atoms with E-state index in [2.05, 4.69) is 42.2 Å². The fraction of sp³-hybridized carbons (Fsp3) is 0.0667. The molecule has 0 aliphatic carbocycles. The van der Waals surface area contributed by atoms with Gasteiger partial charge in [-0.3, -0.25) is 4.79 Å². The number of aliphatic imine (C=N–C) groups is 1. The fourth-order valence-corrected chi connectivity index (χ4v) is 3.09. The number of halogens is 3. The number of carbonyl (C=O) groups excluding carboxylic acids is 1. The Bertz CT molecular complexity index is 803. The zero-order chi connectivity index (χ0) is 15.1. The van der Waals surface area contributed by atoms with Crippen LogP contribution in [0, 0.1) is 6.92 Å². The van der Waals surface area contributed by atoms with E-state index in [0.717, 1.165) is 25.8 Å². The number of carbonyl (C=O) groups is 1. The number of nitrogens with one attached hydrogen (secondary N) is 1. The molecule has 0 bridgehead atoms. The van der Waals surface area contributed by atoms with Gasteiger partial charge in [0.1, 0.15) is 5.71 Å². The highest BCUT2D eigenvalue weighted by molar-refractivity contribution is 9.10. The highest BCUT2D eigenvalue weighted by Crippen LogP contribution is 2.33. The van der Waals surface area contributed by atoms with E-state index >= 15 is 0 Å². The molecule has 0 atom stereocenters. The topological polar surface area (TPSA) is 41.5 Å². The molecule has 1 heterocycles. The minimum atomic E-state index is -0.207. The summed E-state index contributed by atoms with van der Waals surface area (Å²) in [5.74, 6) is -0.207. The van der Waals surface area contributed by atoms with Crippen LogP contribution in [0.1, 0.15) is 11.1 Å². The summed E-state index contributed by atoms with van der Waals surface area (Å²) in [4.78, 5) is 16.6. The molecule has 2 aromatic rings. The molecule has 1 aliphatic rings. The van der Waals surface area contributed by atoms with Gasteiger partial charge >= 0.3 is 0 Å². The Hall–Kier alpha value is -1.17. The van der Waals surface area contributed by atoms with Gasteiger partial charge in [-0.05, 0) is 58.7 Å². The van der Waals surface area contributed by atoms with Gasteiger partial charge in [-0.25, -0.2) is 4.99 Å². The SMILES string of the molecule is Cc1cc(Br)c(Cl)cc1N=C1C(=O)Nc2ccc(Br)cc21. The number of fused-ring (bicyclic) bond motifs is 1. The van der Waals surface area contributed by atoms with E-state index in [1.807, 2.05) is 31.2 Å². The largest absolute Gasteiger partial charge is 0.320 e. The maximum atomic E-state index is 12.1. The molecule has 0 aromatic heterocycles. The van der Waals surface area contributed by atoms with Crippen LogP contribution in [-0.4, -0.2) is 11.6 Å². The van der Waals surface area contributed by atoms with Crippen molar-refractivity contribution in [1.29, 1.82) is 0 Å². The van der Waals surface area contributed by atoms with Crippen LogP contribution < -0.4 is 5.32 Å². The van der Waals surface area contributed by atoms with E-state index in [9.17, 15) is 4.79 Å². The van der Waals surface area contributed by atoms with Gasteiger partial charge in [-0.15, -0.1) is 0 Å². The Morgan fingerprint density at radius 3 is 2.71 bits per heavy atom. The molecule has 3 rings (SSSR count). The maximum Gasteiger partial charge on any atom is 0.275 e. The van der Waals surface area contributed by atoms with Gasteiger partial charge in [0.05, 0.1) is 16.4 Å². The molecule has 3 nitrogen and oxygen atoms in total. The van der Waals surface area contributed by atoms with Crippen molar-refractivity contribution in [2.24, 2.45) is 4.99 Å². The summed E-state index contributed by atoms with van der Waals surface area (Å²) in [6.07, 6.45) is 0. The second-order valence-electron chi connectivity index (χ2n) is 4.66. The number of nitrogens with zero attached hydrogens (tertiary/aromatic N) is 1. The van der Waals surface area contributed by atoms with Crippen molar-refractivity contribution >= 4 is 66.5 Å². The van der Waals surface area contributed by atoms with Gasteiger partial charge in [0, 0.05) is 14.5 Å². The van der Waals surface area contributed by atoms with E-state index in [1.165, 1.54) is 0 Å². The molecule has 1 amide bonds. The molecular weight excluding hydrogens is 419 g/mol. The van der Waals surface area contributed by atoms with Crippen molar-refractivity contribution in [3.05, 3.63) is 55.4 Å². The number of hydrogen-bond acceptors (Lipinski definition) is 2. The van der Waals surface area contributed by atoms with Crippen LogP contribution in [0.25, 0.3) is 0 Å². The van der Waals surface area contributed by atoms with Crippen LogP contribution >= 0.6 is 43.5 Å². The fourth-order valence-electron chi connectivity index (χ4n) is 2.11. The van der Waals surface area contributed by atoms with Gasteiger partial charge in [-0.2, -0.15) is 0 Å². The predicted molar refractivity (Wildman–Crippen MR) is 92.9 cm³/mol. The first kappa shape index (κ1) is 14.8. The minimum Gasteiger partial charge on any atom is -0.320 e. The summed E-state index contributed by atoms with van der Waals surface area (Å²) >= 11 is 12.9. The van der Waals surface area contributed by atoms with Crippen molar-refractivity contribution in [3.8, 4) is 0 Å². The monoisotopic (exact) mass is 426 g/mol. The first-order chi connectivity index (χ1) is 9.95. The van der Waals surface area contributed by atoms with Gasteiger partial charge in [0.2, 0.25) is 0 Å². The standard InChI is InChI=1S/C15H9Br2ClN2O/c1-7-4-10(17)11(18)6-13(7)19-14-9-5-8(16)2-3-12(9)20-15(14)21/h2-6H,1H3,(H,19,20,21). The highest BCUT2D eigenvalue weighted by Gasteiger charge is 2.26. The van der Waals surface area contributed by atoms with Crippen molar-refractivity contribution in [1.82, 2.24) is 0 Å². The molecular formula is C15H9Br2ClN2O. The Labute approximate surface area is 143 Å². The lowest BCUT2D eigenvalue weighted by Gasteiger charge is -2.05. The second kappa shape index (κ2) is 5.55. The average molecular weight is 429 g/mol. The van der Waals surface area contributed by atoms with E-state index in [0.29, 0.717) is 16.4 Å². The van der Waals surface area contributed by atoms with Crippen LogP contribution in [0.2, 0.25) is 5.02 Å². The molecule has 0 spiro atoms. The number of aryl methyl sites for hydroxylation is 1. The summed E-state index contributed by atoms with van der Waals surface area (Å²) in [5, 5.41) is 3.37. The predicted octanol–water partition coefficient (Wildman–Crippen LogP) is 5.25. The van der Waals surface area contributed by atoms with Gasteiger partial charge in [0.25, 0.3) is 5.91 Å².